The predicted molar refractivity (Wildman–Crippen MR) is 116 cm³/mol. The summed E-state index contributed by atoms with van der Waals surface area (Å²) in [6.07, 6.45) is 3.90. The monoisotopic (exact) mass is 442 g/mol. The number of hydrogen-bond acceptors (Lipinski definition) is 6. The molecule has 0 bridgehead atoms. The number of nitrogens with zero attached hydrogens (tertiary/aromatic N) is 4. The van der Waals surface area contributed by atoms with Crippen LogP contribution in [0.25, 0.3) is 0 Å². The maximum Gasteiger partial charge on any atom is 0.269 e. The van der Waals surface area contributed by atoms with E-state index in [1.165, 1.54) is 12.3 Å². The fourth-order valence-electron chi connectivity index (χ4n) is 4.35. The van der Waals surface area contributed by atoms with Crippen molar-refractivity contribution >= 4 is 11.6 Å². The summed E-state index contributed by atoms with van der Waals surface area (Å²) in [4.78, 5) is 31.4. The minimum Gasteiger partial charge on any atom is -0.363 e. The quantitative estimate of drug-likeness (QED) is 0.484. The molecule has 9 heteroatoms. The van der Waals surface area contributed by atoms with Gasteiger partial charge in [-0.1, -0.05) is 18.2 Å². The van der Waals surface area contributed by atoms with E-state index in [2.05, 4.69) is 9.88 Å². The van der Waals surface area contributed by atoms with E-state index in [0.717, 1.165) is 50.2 Å². The second kappa shape index (κ2) is 9.70. The molecule has 0 aliphatic carbocycles. The number of nitro groups is 1. The molecule has 1 amide bonds. The molecule has 2 aromatic rings. The van der Waals surface area contributed by atoms with Crippen LogP contribution in [0.1, 0.15) is 29.7 Å². The number of likely N-dealkylation sites (tertiary alicyclic amines) is 1. The molecule has 8 nitrogen and oxygen atoms in total. The molecule has 0 radical (unpaired) electrons. The van der Waals surface area contributed by atoms with Gasteiger partial charge in [0.15, 0.2) is 0 Å². The maximum absolute atomic E-state index is 12.7. The summed E-state index contributed by atoms with van der Waals surface area (Å²) in [5.41, 5.74) is 1.98. The van der Waals surface area contributed by atoms with Crippen molar-refractivity contribution in [2.24, 2.45) is 0 Å². The Balaban J connectivity index is 1.30. The number of aromatic nitrogens is 1. The number of piperidine rings is 1. The van der Waals surface area contributed by atoms with E-state index in [0.29, 0.717) is 18.7 Å². The van der Waals surface area contributed by atoms with E-state index in [1.807, 2.05) is 6.07 Å². The van der Waals surface area contributed by atoms with Gasteiger partial charge in [0.05, 0.1) is 29.3 Å². The van der Waals surface area contributed by atoms with Crippen LogP contribution in [0.2, 0.25) is 0 Å². The van der Waals surface area contributed by atoms with Gasteiger partial charge in [0.1, 0.15) is 13.3 Å². The van der Waals surface area contributed by atoms with Crippen LogP contribution in [0, 0.1) is 10.1 Å². The van der Waals surface area contributed by atoms with Gasteiger partial charge >= 0.3 is 0 Å². The number of halogens is 1. The molecule has 0 atom stereocenters. The summed E-state index contributed by atoms with van der Waals surface area (Å²) in [6, 6.07) is 10.2. The van der Waals surface area contributed by atoms with Crippen LogP contribution in [-0.4, -0.2) is 64.0 Å². The highest BCUT2D eigenvalue weighted by atomic mass is 19.1. The van der Waals surface area contributed by atoms with Crippen molar-refractivity contribution in [3.63, 3.8) is 0 Å². The van der Waals surface area contributed by atoms with Gasteiger partial charge in [-0.3, -0.25) is 19.9 Å². The molecule has 3 heterocycles. The number of ether oxygens (including phenoxy) is 1. The molecule has 2 aliphatic heterocycles. The molecule has 0 unspecified atom stereocenters. The smallest absolute Gasteiger partial charge is 0.269 e. The number of benzene rings is 1. The Bertz CT molecular complexity index is 961. The lowest BCUT2D eigenvalue weighted by molar-refractivity contribution is -0.384. The Hall–Kier alpha value is -2.91. The number of amides is 1. The predicted octanol–water partition coefficient (Wildman–Crippen LogP) is 2.90. The molecular formula is C23H27FN4O4. The number of carbonyl (C=O) groups is 1. The van der Waals surface area contributed by atoms with Crippen molar-refractivity contribution in [1.29, 1.82) is 0 Å². The summed E-state index contributed by atoms with van der Waals surface area (Å²) >= 11 is 0. The highest BCUT2D eigenvalue weighted by molar-refractivity contribution is 5.78. The molecule has 2 fully saturated rings. The summed E-state index contributed by atoms with van der Waals surface area (Å²) in [5, 5.41) is 11.0. The van der Waals surface area contributed by atoms with Crippen LogP contribution >= 0.6 is 0 Å². The first-order valence-electron chi connectivity index (χ1n) is 10.8. The second-order valence-corrected chi connectivity index (χ2v) is 8.53. The lowest BCUT2D eigenvalue weighted by atomic mass is 9.89. The number of morpholine rings is 1. The molecule has 170 valence electrons. The number of pyridine rings is 1. The number of non-ortho nitro benzene ring substituents is 1. The molecular weight excluding hydrogens is 415 g/mol. The normalized spacial score (nSPS) is 18.8. The van der Waals surface area contributed by atoms with Gasteiger partial charge in [0.25, 0.3) is 5.69 Å². The molecule has 1 aromatic carbocycles. The van der Waals surface area contributed by atoms with E-state index in [-0.39, 0.29) is 28.7 Å². The van der Waals surface area contributed by atoms with Crippen LogP contribution in [0.3, 0.4) is 0 Å². The van der Waals surface area contributed by atoms with Crippen LogP contribution in [0.4, 0.5) is 10.1 Å². The van der Waals surface area contributed by atoms with Crippen molar-refractivity contribution in [2.45, 2.75) is 38.1 Å². The van der Waals surface area contributed by atoms with Crippen molar-refractivity contribution in [2.75, 3.05) is 32.8 Å². The summed E-state index contributed by atoms with van der Waals surface area (Å²) in [6.45, 7) is 2.95. The van der Waals surface area contributed by atoms with Crippen molar-refractivity contribution < 1.29 is 18.8 Å². The van der Waals surface area contributed by atoms with Crippen LogP contribution < -0.4 is 0 Å². The Morgan fingerprint density at radius 1 is 1.19 bits per heavy atom. The van der Waals surface area contributed by atoms with E-state index >= 15 is 0 Å². The molecule has 2 aliphatic rings. The first-order valence-corrected chi connectivity index (χ1v) is 10.8. The van der Waals surface area contributed by atoms with Gasteiger partial charge in [0, 0.05) is 43.5 Å². The second-order valence-electron chi connectivity index (χ2n) is 8.53. The number of rotatable bonds is 7. The van der Waals surface area contributed by atoms with Gasteiger partial charge in [-0.05, 0) is 30.9 Å². The van der Waals surface area contributed by atoms with Gasteiger partial charge in [-0.2, -0.15) is 0 Å². The summed E-state index contributed by atoms with van der Waals surface area (Å²) < 4.78 is 18.7. The first kappa shape index (κ1) is 22.3. The average Bonchev–Trinajstić information content (AvgIpc) is 2.82. The minimum absolute atomic E-state index is 0.0555. The van der Waals surface area contributed by atoms with E-state index in [4.69, 9.17) is 4.74 Å². The fourth-order valence-corrected chi connectivity index (χ4v) is 4.35. The van der Waals surface area contributed by atoms with E-state index < -0.39 is 6.67 Å². The van der Waals surface area contributed by atoms with E-state index in [9.17, 15) is 19.3 Å². The fraction of sp³-hybridized carbons (Fsp3) is 0.478. The molecule has 0 saturated carbocycles. The molecule has 0 N–H and O–H groups in total. The highest BCUT2D eigenvalue weighted by Gasteiger charge is 2.42. The first-order chi connectivity index (χ1) is 15.5. The SMILES string of the molecule is O=C1COC2(CCN(CCc3cccc([N+](=O)[O-])c3)CC2)CN1Cc1ccc(CF)cn1. The minimum atomic E-state index is -0.551. The van der Waals surface area contributed by atoms with Gasteiger partial charge in [-0.25, -0.2) is 4.39 Å². The number of nitro benzene ring substituents is 1. The number of hydrogen-bond donors (Lipinski definition) is 0. The van der Waals surface area contributed by atoms with Gasteiger partial charge in [-0.15, -0.1) is 0 Å². The molecule has 4 rings (SSSR count). The number of alkyl halides is 1. The largest absolute Gasteiger partial charge is 0.363 e. The Morgan fingerprint density at radius 2 is 2.00 bits per heavy atom. The third-order valence-electron chi connectivity index (χ3n) is 6.33. The maximum atomic E-state index is 12.7. The summed E-state index contributed by atoms with van der Waals surface area (Å²) in [5.74, 6) is -0.0555. The summed E-state index contributed by atoms with van der Waals surface area (Å²) in [7, 11) is 0. The number of carbonyl (C=O) groups excluding carboxylic acids is 1. The Kier molecular flexibility index (Phi) is 6.76. The molecule has 1 aromatic heterocycles. The molecule has 32 heavy (non-hydrogen) atoms. The van der Waals surface area contributed by atoms with Crippen molar-refractivity contribution in [1.82, 2.24) is 14.8 Å². The van der Waals surface area contributed by atoms with E-state index in [1.54, 1.807) is 29.2 Å². The van der Waals surface area contributed by atoms with Gasteiger partial charge in [0.2, 0.25) is 5.91 Å². The lowest BCUT2D eigenvalue weighted by Crippen LogP contribution is -2.58. The molecule has 2 saturated heterocycles. The van der Waals surface area contributed by atoms with Crippen LogP contribution in [-0.2, 0) is 29.2 Å². The average molecular weight is 442 g/mol. The van der Waals surface area contributed by atoms with Crippen LogP contribution in [0.5, 0.6) is 0 Å². The lowest BCUT2D eigenvalue weighted by Gasteiger charge is -2.47. The third-order valence-corrected chi connectivity index (χ3v) is 6.33. The Morgan fingerprint density at radius 3 is 2.69 bits per heavy atom. The van der Waals surface area contributed by atoms with Gasteiger partial charge < -0.3 is 14.5 Å². The van der Waals surface area contributed by atoms with Crippen molar-refractivity contribution in [3.05, 3.63) is 69.5 Å². The zero-order chi connectivity index (χ0) is 22.6. The van der Waals surface area contributed by atoms with Crippen molar-refractivity contribution in [3.8, 4) is 0 Å². The third kappa shape index (κ3) is 5.28. The zero-order valence-electron chi connectivity index (χ0n) is 17.9. The topological polar surface area (TPSA) is 88.8 Å². The standard InChI is InChI=1S/C23H27FN4O4/c24-13-19-4-5-20(25-14-19)15-27-17-23(32-16-22(27)29)7-10-26(11-8-23)9-6-18-2-1-3-21(12-18)28(30)31/h1-5,12,14H,6-11,13,15-17H2. The highest BCUT2D eigenvalue weighted by Crippen LogP contribution is 2.31. The van der Waals surface area contributed by atoms with Crippen LogP contribution in [0.15, 0.2) is 42.6 Å². The molecule has 1 spiro atoms. The Labute approximate surface area is 186 Å². The zero-order valence-corrected chi connectivity index (χ0v) is 17.9.